The Labute approximate surface area is 78.0 Å². The summed E-state index contributed by atoms with van der Waals surface area (Å²) in [4.78, 5) is 13.5. The second-order valence-corrected chi connectivity index (χ2v) is 3.85. The Morgan fingerprint density at radius 1 is 1.31 bits per heavy atom. The van der Waals surface area contributed by atoms with E-state index in [0.717, 1.165) is 32.4 Å². The van der Waals surface area contributed by atoms with Crippen molar-refractivity contribution in [2.45, 2.75) is 31.3 Å². The zero-order valence-electron chi connectivity index (χ0n) is 7.74. The van der Waals surface area contributed by atoms with Crippen LogP contribution in [0.4, 0.5) is 0 Å². The molecule has 2 fully saturated rings. The lowest BCUT2D eigenvalue weighted by atomic mass is 10.0. The number of cyclic esters (lactones) is 1. The summed E-state index contributed by atoms with van der Waals surface area (Å²) >= 11 is 0. The zero-order chi connectivity index (χ0) is 9.26. The quantitative estimate of drug-likeness (QED) is 0.570. The van der Waals surface area contributed by atoms with Crippen molar-refractivity contribution in [1.29, 1.82) is 0 Å². The third-order valence-electron chi connectivity index (χ3n) is 2.92. The largest absolute Gasteiger partial charge is 0.464 e. The molecule has 0 saturated carbocycles. The van der Waals surface area contributed by atoms with E-state index in [9.17, 15) is 4.79 Å². The topological polar surface area (TPSA) is 55.6 Å². The highest BCUT2D eigenvalue weighted by Gasteiger charge is 2.33. The maximum atomic E-state index is 11.3. The van der Waals surface area contributed by atoms with Gasteiger partial charge in [-0.2, -0.15) is 0 Å². The van der Waals surface area contributed by atoms with Gasteiger partial charge in [0.05, 0.1) is 6.61 Å². The second kappa shape index (κ2) is 3.64. The molecule has 2 rings (SSSR count). The van der Waals surface area contributed by atoms with Gasteiger partial charge in [-0.05, 0) is 12.8 Å². The molecule has 1 atom stereocenters. The molecule has 0 amide bonds. The predicted octanol–water partition coefficient (Wildman–Crippen LogP) is -0.275. The number of ether oxygens (including phenoxy) is 1. The molecule has 4 heteroatoms. The van der Waals surface area contributed by atoms with Gasteiger partial charge in [-0.1, -0.05) is 0 Å². The molecule has 2 aliphatic rings. The summed E-state index contributed by atoms with van der Waals surface area (Å²) in [5.74, 6) is -0.0459. The second-order valence-electron chi connectivity index (χ2n) is 3.85. The molecule has 0 aromatic carbocycles. The van der Waals surface area contributed by atoms with Gasteiger partial charge in [0.25, 0.3) is 0 Å². The highest BCUT2D eigenvalue weighted by atomic mass is 16.5. The lowest BCUT2D eigenvalue weighted by Crippen LogP contribution is -2.46. The summed E-state index contributed by atoms with van der Waals surface area (Å²) in [5, 5.41) is 0. The predicted molar refractivity (Wildman–Crippen MR) is 48.1 cm³/mol. The number of carbonyl (C=O) groups excluding carboxylic acids is 1. The number of piperidine rings is 1. The fraction of sp³-hybridized carbons (Fsp3) is 0.889. The van der Waals surface area contributed by atoms with E-state index in [0.29, 0.717) is 12.6 Å². The minimum atomic E-state index is -0.0459. The number of hydrogen-bond donors (Lipinski definition) is 1. The highest BCUT2D eigenvalue weighted by Crippen LogP contribution is 2.18. The van der Waals surface area contributed by atoms with Crippen molar-refractivity contribution in [3.8, 4) is 0 Å². The van der Waals surface area contributed by atoms with Crippen LogP contribution in [0.25, 0.3) is 0 Å². The maximum absolute atomic E-state index is 11.3. The summed E-state index contributed by atoms with van der Waals surface area (Å²) in [6.07, 6.45) is 2.86. The number of nitrogens with two attached hydrogens (primary N) is 1. The average Bonchev–Trinajstić information content (AvgIpc) is 2.53. The van der Waals surface area contributed by atoms with Crippen LogP contribution < -0.4 is 5.73 Å². The first kappa shape index (κ1) is 8.97. The SMILES string of the molecule is NC1CCN([C@@H]2CCOC2=O)CC1. The van der Waals surface area contributed by atoms with Gasteiger partial charge in [0.2, 0.25) is 0 Å². The molecule has 2 N–H and O–H groups in total. The molecule has 2 saturated heterocycles. The highest BCUT2D eigenvalue weighted by molar-refractivity contribution is 5.77. The molecular weight excluding hydrogens is 168 g/mol. The molecule has 74 valence electrons. The average molecular weight is 184 g/mol. The number of rotatable bonds is 1. The zero-order valence-corrected chi connectivity index (χ0v) is 7.74. The van der Waals surface area contributed by atoms with Gasteiger partial charge in [0.1, 0.15) is 6.04 Å². The first-order chi connectivity index (χ1) is 6.27. The Hall–Kier alpha value is -0.610. The van der Waals surface area contributed by atoms with Gasteiger partial charge in [0.15, 0.2) is 0 Å². The van der Waals surface area contributed by atoms with E-state index in [-0.39, 0.29) is 12.0 Å². The Balaban J connectivity index is 1.90. The minimum absolute atomic E-state index is 0.0208. The standard InChI is InChI=1S/C9H16N2O2/c10-7-1-4-11(5-2-7)8-3-6-13-9(8)12/h7-8H,1-6,10H2/t8-/m1/s1. The Morgan fingerprint density at radius 2 is 2.00 bits per heavy atom. The number of hydrogen-bond acceptors (Lipinski definition) is 4. The normalized spacial score (nSPS) is 32.1. The van der Waals surface area contributed by atoms with E-state index in [2.05, 4.69) is 4.90 Å². The van der Waals surface area contributed by atoms with Crippen LogP contribution in [0.3, 0.4) is 0 Å². The summed E-state index contributed by atoms with van der Waals surface area (Å²) in [7, 11) is 0. The molecule has 0 aliphatic carbocycles. The van der Waals surface area contributed by atoms with Crippen LogP contribution in [0.15, 0.2) is 0 Å². The molecule has 2 aliphatic heterocycles. The van der Waals surface area contributed by atoms with Gasteiger partial charge >= 0.3 is 5.97 Å². The Bertz CT molecular complexity index is 200. The smallest absolute Gasteiger partial charge is 0.323 e. The molecule has 0 aromatic rings. The lowest BCUT2D eigenvalue weighted by Gasteiger charge is -2.32. The molecule has 0 unspecified atom stereocenters. The van der Waals surface area contributed by atoms with Crippen molar-refractivity contribution in [1.82, 2.24) is 4.90 Å². The third-order valence-corrected chi connectivity index (χ3v) is 2.92. The van der Waals surface area contributed by atoms with Crippen LogP contribution in [0.5, 0.6) is 0 Å². The number of carbonyl (C=O) groups is 1. The van der Waals surface area contributed by atoms with Crippen molar-refractivity contribution in [3.63, 3.8) is 0 Å². The lowest BCUT2D eigenvalue weighted by molar-refractivity contribution is -0.142. The monoisotopic (exact) mass is 184 g/mol. The van der Waals surface area contributed by atoms with Crippen molar-refractivity contribution in [2.24, 2.45) is 5.73 Å². The molecule has 0 aromatic heterocycles. The van der Waals surface area contributed by atoms with Gasteiger partial charge in [-0.15, -0.1) is 0 Å². The van der Waals surface area contributed by atoms with Crippen LogP contribution >= 0.6 is 0 Å². The molecule has 0 bridgehead atoms. The van der Waals surface area contributed by atoms with E-state index in [1.807, 2.05) is 0 Å². The molecule has 2 heterocycles. The molecule has 4 nitrogen and oxygen atoms in total. The maximum Gasteiger partial charge on any atom is 0.323 e. The van der Waals surface area contributed by atoms with Crippen molar-refractivity contribution in [3.05, 3.63) is 0 Å². The molecule has 0 spiro atoms. The first-order valence-corrected chi connectivity index (χ1v) is 4.93. The summed E-state index contributed by atoms with van der Waals surface area (Å²) in [5.41, 5.74) is 5.79. The van der Waals surface area contributed by atoms with Crippen LogP contribution in [-0.2, 0) is 9.53 Å². The van der Waals surface area contributed by atoms with E-state index in [1.54, 1.807) is 0 Å². The summed E-state index contributed by atoms with van der Waals surface area (Å²) in [6.45, 7) is 2.48. The van der Waals surface area contributed by atoms with E-state index in [1.165, 1.54) is 0 Å². The Morgan fingerprint density at radius 3 is 2.54 bits per heavy atom. The molecule has 13 heavy (non-hydrogen) atoms. The van der Waals surface area contributed by atoms with E-state index < -0.39 is 0 Å². The minimum Gasteiger partial charge on any atom is -0.464 e. The fourth-order valence-electron chi connectivity index (χ4n) is 2.05. The van der Waals surface area contributed by atoms with Gasteiger partial charge in [-0.3, -0.25) is 9.69 Å². The van der Waals surface area contributed by atoms with Crippen LogP contribution in [0, 0.1) is 0 Å². The van der Waals surface area contributed by atoms with E-state index in [4.69, 9.17) is 10.5 Å². The van der Waals surface area contributed by atoms with Crippen molar-refractivity contribution < 1.29 is 9.53 Å². The third kappa shape index (κ3) is 1.84. The summed E-state index contributed by atoms with van der Waals surface area (Å²) < 4.78 is 4.93. The van der Waals surface area contributed by atoms with Crippen LogP contribution in [-0.4, -0.2) is 42.6 Å². The van der Waals surface area contributed by atoms with Gasteiger partial charge in [0, 0.05) is 25.6 Å². The fourth-order valence-corrected chi connectivity index (χ4v) is 2.05. The number of likely N-dealkylation sites (tertiary alicyclic amines) is 1. The van der Waals surface area contributed by atoms with Crippen molar-refractivity contribution in [2.75, 3.05) is 19.7 Å². The number of nitrogens with zero attached hydrogens (tertiary/aromatic N) is 1. The van der Waals surface area contributed by atoms with Crippen LogP contribution in [0.1, 0.15) is 19.3 Å². The van der Waals surface area contributed by atoms with E-state index >= 15 is 0 Å². The first-order valence-electron chi connectivity index (χ1n) is 4.93. The van der Waals surface area contributed by atoms with Crippen molar-refractivity contribution >= 4 is 5.97 Å². The van der Waals surface area contributed by atoms with Gasteiger partial charge < -0.3 is 10.5 Å². The summed E-state index contributed by atoms with van der Waals surface area (Å²) in [6, 6.07) is 0.348. The molecule has 0 radical (unpaired) electrons. The Kier molecular flexibility index (Phi) is 2.51. The number of esters is 1. The van der Waals surface area contributed by atoms with Crippen LogP contribution in [0.2, 0.25) is 0 Å². The molecular formula is C9H16N2O2. The van der Waals surface area contributed by atoms with Gasteiger partial charge in [-0.25, -0.2) is 0 Å².